The summed E-state index contributed by atoms with van der Waals surface area (Å²) in [5.74, 6) is 2.10. The Morgan fingerprint density at radius 1 is 1.05 bits per heavy atom. The van der Waals surface area contributed by atoms with Crippen molar-refractivity contribution < 1.29 is 14.4 Å². The molecule has 7 nitrogen and oxygen atoms in total. The molecule has 1 aliphatic heterocycles. The Labute approximate surface area is 259 Å². The van der Waals surface area contributed by atoms with Crippen LogP contribution in [-0.2, 0) is 6.61 Å². The Balaban J connectivity index is 1.16. The van der Waals surface area contributed by atoms with Crippen molar-refractivity contribution in [3.63, 3.8) is 0 Å². The molecule has 0 fully saturated rings. The van der Waals surface area contributed by atoms with E-state index < -0.39 is 4.92 Å². The molecule has 0 saturated heterocycles. The summed E-state index contributed by atoms with van der Waals surface area (Å²) in [6.45, 7) is 4.79. The lowest BCUT2D eigenvalue weighted by molar-refractivity contribution is -0.384. The number of aliphatic imine (C=N–C) groups is 1. The number of hydrogen-bond acceptors (Lipinski definition) is 6. The molecule has 1 heterocycles. The molecule has 3 atom stereocenters. The standard InChI is InChI=1S/C35H32BrN3O4/c1-3-42-33-19-24(18-31(36)35(33)43-21-23-8-14-27(15-9-23)39(40)41)20-37-26-12-10-25(11-13-26)34-29-6-4-5-28(29)30-17-22(2)7-16-32(30)38-34/h4-5,7-20,28-29,34,38H,3,6,21H2,1-2H3/t28-,29-,34+/m1/s1. The Bertz CT molecular complexity index is 1700. The van der Waals surface area contributed by atoms with Gasteiger partial charge in [0.25, 0.3) is 5.69 Å². The summed E-state index contributed by atoms with van der Waals surface area (Å²) in [6.07, 6.45) is 7.58. The number of nitrogens with one attached hydrogen (secondary N) is 1. The predicted molar refractivity (Wildman–Crippen MR) is 174 cm³/mol. The van der Waals surface area contributed by atoms with E-state index in [2.05, 4.69) is 82.8 Å². The van der Waals surface area contributed by atoms with Gasteiger partial charge in [0, 0.05) is 30.0 Å². The van der Waals surface area contributed by atoms with E-state index in [0.717, 1.165) is 27.7 Å². The molecule has 0 spiro atoms. The number of ether oxygens (including phenoxy) is 2. The zero-order valence-corrected chi connectivity index (χ0v) is 25.6. The molecular formula is C35H32BrN3O4. The number of nitrogens with zero attached hydrogens (tertiary/aromatic N) is 2. The minimum atomic E-state index is -0.418. The number of aryl methyl sites for hydroxylation is 1. The molecule has 4 aromatic carbocycles. The van der Waals surface area contributed by atoms with Gasteiger partial charge >= 0.3 is 0 Å². The monoisotopic (exact) mass is 637 g/mol. The van der Waals surface area contributed by atoms with Crippen LogP contribution >= 0.6 is 15.9 Å². The molecule has 1 N–H and O–H groups in total. The first-order chi connectivity index (χ1) is 20.9. The van der Waals surface area contributed by atoms with E-state index in [1.807, 2.05) is 25.3 Å². The number of benzene rings is 4. The minimum absolute atomic E-state index is 0.0458. The normalized spacial score (nSPS) is 18.6. The molecule has 2 aliphatic rings. The number of allylic oxidation sites excluding steroid dienone is 2. The first-order valence-corrected chi connectivity index (χ1v) is 15.2. The van der Waals surface area contributed by atoms with Crippen LogP contribution in [0.15, 0.2) is 100 Å². The maximum absolute atomic E-state index is 10.9. The lowest BCUT2D eigenvalue weighted by Gasteiger charge is -2.37. The molecule has 43 heavy (non-hydrogen) atoms. The summed E-state index contributed by atoms with van der Waals surface area (Å²) in [5, 5.41) is 14.7. The summed E-state index contributed by atoms with van der Waals surface area (Å²) in [6, 6.07) is 25.6. The molecule has 0 saturated carbocycles. The van der Waals surface area contributed by atoms with E-state index >= 15 is 0 Å². The molecule has 0 amide bonds. The quantitative estimate of drug-likeness (QED) is 0.0855. The van der Waals surface area contributed by atoms with Crippen LogP contribution in [-0.4, -0.2) is 17.7 Å². The van der Waals surface area contributed by atoms with Gasteiger partial charge in [0.05, 0.1) is 27.7 Å². The zero-order chi connectivity index (χ0) is 29.9. The largest absolute Gasteiger partial charge is 0.490 e. The summed E-state index contributed by atoms with van der Waals surface area (Å²) in [4.78, 5) is 15.2. The van der Waals surface area contributed by atoms with Crippen LogP contribution in [0.5, 0.6) is 11.5 Å². The highest BCUT2D eigenvalue weighted by molar-refractivity contribution is 9.10. The van der Waals surface area contributed by atoms with Crippen LogP contribution in [0.3, 0.4) is 0 Å². The number of nitro groups is 1. The van der Waals surface area contributed by atoms with E-state index in [9.17, 15) is 10.1 Å². The number of fused-ring (bicyclic) bond motifs is 3. The molecule has 6 rings (SSSR count). The van der Waals surface area contributed by atoms with Crippen LogP contribution in [0.2, 0.25) is 0 Å². The van der Waals surface area contributed by atoms with Crippen LogP contribution in [0.1, 0.15) is 53.1 Å². The fraction of sp³-hybridized carbons (Fsp3) is 0.229. The van der Waals surface area contributed by atoms with E-state index in [1.165, 1.54) is 34.5 Å². The smallest absolute Gasteiger partial charge is 0.269 e. The van der Waals surface area contributed by atoms with Gasteiger partial charge < -0.3 is 14.8 Å². The van der Waals surface area contributed by atoms with Crippen LogP contribution in [0.4, 0.5) is 17.1 Å². The Morgan fingerprint density at radius 2 is 1.84 bits per heavy atom. The first kappa shape index (κ1) is 28.7. The number of hydrogen-bond donors (Lipinski definition) is 1. The Kier molecular flexibility index (Phi) is 8.29. The van der Waals surface area contributed by atoms with Gasteiger partial charge in [0.1, 0.15) is 6.61 Å². The maximum Gasteiger partial charge on any atom is 0.269 e. The number of anilines is 1. The van der Waals surface area contributed by atoms with E-state index in [1.54, 1.807) is 12.1 Å². The summed E-state index contributed by atoms with van der Waals surface area (Å²) in [7, 11) is 0. The second kappa shape index (κ2) is 12.4. The highest BCUT2D eigenvalue weighted by Gasteiger charge is 2.37. The molecular weight excluding hydrogens is 606 g/mol. The fourth-order valence-corrected chi connectivity index (χ4v) is 6.47. The first-order valence-electron chi connectivity index (χ1n) is 14.4. The van der Waals surface area contributed by atoms with Gasteiger partial charge in [-0.25, -0.2) is 0 Å². The summed E-state index contributed by atoms with van der Waals surface area (Å²) >= 11 is 3.62. The summed E-state index contributed by atoms with van der Waals surface area (Å²) < 4.78 is 12.7. The molecule has 0 bridgehead atoms. The second-order valence-electron chi connectivity index (χ2n) is 10.9. The molecule has 4 aromatic rings. The van der Waals surface area contributed by atoms with Crippen molar-refractivity contribution in [2.45, 2.75) is 38.8 Å². The van der Waals surface area contributed by atoms with Crippen molar-refractivity contribution in [2.75, 3.05) is 11.9 Å². The molecule has 1 aliphatic carbocycles. The van der Waals surface area contributed by atoms with E-state index in [-0.39, 0.29) is 18.3 Å². The third-order valence-corrected chi connectivity index (χ3v) is 8.58. The highest BCUT2D eigenvalue weighted by Crippen LogP contribution is 2.50. The third-order valence-electron chi connectivity index (χ3n) is 8.00. The Hall–Kier alpha value is -4.43. The van der Waals surface area contributed by atoms with Crippen molar-refractivity contribution in [3.05, 3.63) is 133 Å². The fourth-order valence-electron chi connectivity index (χ4n) is 5.90. The average molecular weight is 639 g/mol. The van der Waals surface area contributed by atoms with Crippen molar-refractivity contribution in [3.8, 4) is 11.5 Å². The van der Waals surface area contributed by atoms with Gasteiger partial charge in [-0.3, -0.25) is 15.1 Å². The Morgan fingerprint density at radius 3 is 2.58 bits per heavy atom. The molecule has 8 heteroatoms. The molecule has 0 unspecified atom stereocenters. The minimum Gasteiger partial charge on any atom is -0.490 e. The van der Waals surface area contributed by atoms with Gasteiger partial charge in [-0.05, 0) is 107 Å². The lowest BCUT2D eigenvalue weighted by atomic mass is 9.76. The van der Waals surface area contributed by atoms with Gasteiger partial charge in [0.15, 0.2) is 11.5 Å². The number of non-ortho nitro benzene ring substituents is 1. The second-order valence-corrected chi connectivity index (χ2v) is 11.7. The SMILES string of the molecule is CCOc1cc(C=Nc2ccc([C@@H]3Nc4ccc(C)cc4[C@@H]4C=CC[C@H]43)cc2)cc(Br)c1OCc1ccc([N+](=O)[O-])cc1. The van der Waals surface area contributed by atoms with E-state index in [0.29, 0.717) is 29.9 Å². The molecule has 218 valence electrons. The third kappa shape index (κ3) is 6.20. The summed E-state index contributed by atoms with van der Waals surface area (Å²) in [5.41, 5.74) is 7.77. The maximum atomic E-state index is 10.9. The highest BCUT2D eigenvalue weighted by atomic mass is 79.9. The van der Waals surface area contributed by atoms with Crippen LogP contribution < -0.4 is 14.8 Å². The van der Waals surface area contributed by atoms with Crippen molar-refractivity contribution in [1.29, 1.82) is 0 Å². The zero-order valence-electron chi connectivity index (χ0n) is 24.0. The van der Waals surface area contributed by atoms with Gasteiger partial charge in [-0.15, -0.1) is 0 Å². The van der Waals surface area contributed by atoms with Gasteiger partial charge in [0.2, 0.25) is 0 Å². The number of rotatable bonds is 9. The number of nitro benzene ring substituents is 1. The molecule has 0 radical (unpaired) electrons. The lowest BCUT2D eigenvalue weighted by Crippen LogP contribution is -2.29. The molecule has 0 aromatic heterocycles. The number of halogens is 1. The average Bonchev–Trinajstić information content (AvgIpc) is 3.51. The van der Waals surface area contributed by atoms with Gasteiger partial charge in [-0.1, -0.05) is 42.0 Å². The topological polar surface area (TPSA) is 86.0 Å². The van der Waals surface area contributed by atoms with Crippen LogP contribution in [0, 0.1) is 23.0 Å². The van der Waals surface area contributed by atoms with E-state index in [4.69, 9.17) is 14.5 Å². The van der Waals surface area contributed by atoms with Gasteiger partial charge in [-0.2, -0.15) is 0 Å². The predicted octanol–water partition coefficient (Wildman–Crippen LogP) is 9.22. The van der Waals surface area contributed by atoms with Crippen LogP contribution in [0.25, 0.3) is 0 Å². The van der Waals surface area contributed by atoms with Crippen molar-refractivity contribution >= 4 is 39.2 Å². The van der Waals surface area contributed by atoms with Crippen molar-refractivity contribution in [1.82, 2.24) is 0 Å². The van der Waals surface area contributed by atoms with Crippen molar-refractivity contribution in [2.24, 2.45) is 10.9 Å².